The van der Waals surface area contributed by atoms with Crippen molar-refractivity contribution in [3.8, 4) is 5.75 Å². The Hall–Kier alpha value is -3.56. The monoisotopic (exact) mass is 529 g/mol. The first-order chi connectivity index (χ1) is 17.2. The molecule has 0 aliphatic carbocycles. The van der Waals surface area contributed by atoms with Crippen LogP contribution in [0.15, 0.2) is 77.7 Å². The van der Waals surface area contributed by atoms with Crippen molar-refractivity contribution in [3.05, 3.63) is 83.4 Å². The highest BCUT2D eigenvalue weighted by Crippen LogP contribution is 2.32. The molecule has 1 atom stereocenters. The van der Waals surface area contributed by atoms with Gasteiger partial charge in [0.15, 0.2) is 0 Å². The van der Waals surface area contributed by atoms with Gasteiger partial charge in [0, 0.05) is 6.04 Å². The summed E-state index contributed by atoms with van der Waals surface area (Å²) in [4.78, 5) is 25.8. The van der Waals surface area contributed by atoms with Crippen LogP contribution in [0.1, 0.15) is 30.6 Å². The maximum absolute atomic E-state index is 13.5. The summed E-state index contributed by atoms with van der Waals surface area (Å²) in [5.41, 5.74) is 0.729. The fraction of sp³-hybridized carbons (Fsp3) is 0.231. The zero-order chi connectivity index (χ0) is 26.3. The maximum Gasteiger partial charge on any atom is 0.264 e. The highest BCUT2D eigenvalue weighted by Gasteiger charge is 2.28. The molecule has 0 bridgehead atoms. The number of halogens is 1. The minimum atomic E-state index is -4.13. The number of carbonyl (C=O) groups is 2. The third-order valence-electron chi connectivity index (χ3n) is 5.48. The molecule has 0 aliphatic heterocycles. The van der Waals surface area contributed by atoms with Crippen LogP contribution in [0, 0.1) is 0 Å². The molecule has 0 unspecified atom stereocenters. The number of methoxy groups -OCH3 is 1. The van der Waals surface area contributed by atoms with Crippen molar-refractivity contribution < 1.29 is 22.7 Å². The van der Waals surface area contributed by atoms with Gasteiger partial charge in [0.1, 0.15) is 12.3 Å². The lowest BCUT2D eigenvalue weighted by atomic mass is 10.1. The third kappa shape index (κ3) is 6.35. The first-order valence-corrected chi connectivity index (χ1v) is 13.1. The highest BCUT2D eigenvalue weighted by molar-refractivity contribution is 7.92. The molecule has 0 heterocycles. The molecule has 0 saturated heterocycles. The average molecular weight is 530 g/mol. The van der Waals surface area contributed by atoms with Crippen molar-refractivity contribution in [2.45, 2.75) is 31.2 Å². The van der Waals surface area contributed by atoms with Gasteiger partial charge in [-0.05, 0) is 55.8 Å². The van der Waals surface area contributed by atoms with Crippen LogP contribution in [0.25, 0.3) is 0 Å². The summed E-state index contributed by atoms with van der Waals surface area (Å²) in [6.45, 7) is 3.28. The van der Waals surface area contributed by atoms with E-state index in [4.69, 9.17) is 16.3 Å². The van der Waals surface area contributed by atoms with Crippen molar-refractivity contribution in [1.29, 1.82) is 0 Å². The number of sulfonamides is 1. The van der Waals surface area contributed by atoms with Gasteiger partial charge in [-0.15, -0.1) is 0 Å². The number of benzene rings is 3. The Kier molecular flexibility index (Phi) is 8.95. The van der Waals surface area contributed by atoms with Crippen molar-refractivity contribution in [1.82, 2.24) is 5.32 Å². The zero-order valence-corrected chi connectivity index (χ0v) is 21.8. The van der Waals surface area contributed by atoms with E-state index in [-0.39, 0.29) is 38.8 Å². The minimum Gasteiger partial charge on any atom is -0.495 e. The number of rotatable bonds is 10. The molecular formula is C26H28ClN3O5S. The first-order valence-electron chi connectivity index (χ1n) is 11.3. The molecule has 10 heteroatoms. The van der Waals surface area contributed by atoms with Crippen LogP contribution in [0.2, 0.25) is 5.02 Å². The SMILES string of the molecule is CC[C@H](C)NC(=O)c1ccccc1NC(=O)CN(c1ccc(OC)c(Cl)c1)S(=O)(=O)c1ccccc1. The van der Waals surface area contributed by atoms with E-state index in [9.17, 15) is 18.0 Å². The highest BCUT2D eigenvalue weighted by atomic mass is 35.5. The average Bonchev–Trinajstić information content (AvgIpc) is 2.87. The Labute approximate surface area is 216 Å². The number of carbonyl (C=O) groups excluding carboxylic acids is 2. The van der Waals surface area contributed by atoms with Crippen LogP contribution in [0.4, 0.5) is 11.4 Å². The summed E-state index contributed by atoms with van der Waals surface area (Å²) < 4.78 is 33.2. The lowest BCUT2D eigenvalue weighted by molar-refractivity contribution is -0.114. The van der Waals surface area contributed by atoms with Gasteiger partial charge in [0.25, 0.3) is 15.9 Å². The van der Waals surface area contributed by atoms with Crippen LogP contribution in [0.3, 0.4) is 0 Å². The molecule has 3 aromatic rings. The number of nitrogens with zero attached hydrogens (tertiary/aromatic N) is 1. The number of nitrogens with one attached hydrogen (secondary N) is 2. The van der Waals surface area contributed by atoms with E-state index in [0.29, 0.717) is 5.75 Å². The van der Waals surface area contributed by atoms with Crippen LogP contribution in [-0.2, 0) is 14.8 Å². The van der Waals surface area contributed by atoms with Crippen LogP contribution < -0.4 is 19.7 Å². The molecule has 0 aromatic heterocycles. The van der Waals surface area contributed by atoms with E-state index in [1.807, 2.05) is 13.8 Å². The van der Waals surface area contributed by atoms with Crippen molar-refractivity contribution in [2.75, 3.05) is 23.3 Å². The Morgan fingerprint density at radius 1 is 1.03 bits per heavy atom. The quantitative estimate of drug-likeness (QED) is 0.396. The second-order valence-corrected chi connectivity index (χ2v) is 10.3. The summed E-state index contributed by atoms with van der Waals surface area (Å²) in [5.74, 6) is -0.607. The molecule has 2 N–H and O–H groups in total. The molecule has 36 heavy (non-hydrogen) atoms. The Bertz CT molecular complexity index is 1330. The van der Waals surface area contributed by atoms with Crippen molar-refractivity contribution >= 4 is 44.8 Å². The summed E-state index contributed by atoms with van der Waals surface area (Å²) >= 11 is 6.25. The van der Waals surface area contributed by atoms with E-state index >= 15 is 0 Å². The summed E-state index contributed by atoms with van der Waals surface area (Å²) in [5, 5.41) is 5.74. The normalized spacial score (nSPS) is 11.9. The lowest BCUT2D eigenvalue weighted by Gasteiger charge is -2.25. The first kappa shape index (κ1) is 27.0. The summed E-state index contributed by atoms with van der Waals surface area (Å²) in [7, 11) is -2.68. The maximum atomic E-state index is 13.5. The lowest BCUT2D eigenvalue weighted by Crippen LogP contribution is -2.38. The van der Waals surface area contributed by atoms with Gasteiger partial charge in [-0.3, -0.25) is 13.9 Å². The van der Waals surface area contributed by atoms with Gasteiger partial charge in [-0.2, -0.15) is 0 Å². The number of hydrogen-bond donors (Lipinski definition) is 2. The second-order valence-electron chi connectivity index (χ2n) is 8.02. The van der Waals surface area contributed by atoms with E-state index in [1.54, 1.807) is 42.5 Å². The van der Waals surface area contributed by atoms with Gasteiger partial charge in [-0.25, -0.2) is 8.42 Å². The second kappa shape index (κ2) is 11.9. The Balaban J connectivity index is 1.94. The summed E-state index contributed by atoms with van der Waals surface area (Å²) in [6.07, 6.45) is 0.747. The molecule has 0 fully saturated rings. The van der Waals surface area contributed by atoms with Crippen molar-refractivity contribution in [3.63, 3.8) is 0 Å². The van der Waals surface area contributed by atoms with Crippen LogP contribution >= 0.6 is 11.6 Å². The van der Waals surface area contributed by atoms with E-state index in [1.165, 1.54) is 37.4 Å². The van der Waals surface area contributed by atoms with Crippen molar-refractivity contribution in [2.24, 2.45) is 0 Å². The molecule has 3 rings (SSSR count). The van der Waals surface area contributed by atoms with Gasteiger partial charge in [0.2, 0.25) is 5.91 Å². The van der Waals surface area contributed by atoms with E-state index < -0.39 is 22.5 Å². The van der Waals surface area contributed by atoms with Crippen LogP contribution in [0.5, 0.6) is 5.75 Å². The number of amides is 2. The van der Waals surface area contributed by atoms with E-state index in [2.05, 4.69) is 10.6 Å². The Morgan fingerprint density at radius 3 is 2.33 bits per heavy atom. The van der Waals surface area contributed by atoms with Gasteiger partial charge < -0.3 is 15.4 Å². The fourth-order valence-electron chi connectivity index (χ4n) is 3.36. The molecular weight excluding hydrogens is 502 g/mol. The summed E-state index contributed by atoms with van der Waals surface area (Å²) in [6, 6.07) is 18.7. The molecule has 2 amide bonds. The predicted molar refractivity (Wildman–Crippen MR) is 141 cm³/mol. The van der Waals surface area contributed by atoms with Gasteiger partial charge in [-0.1, -0.05) is 48.9 Å². The number of hydrogen-bond acceptors (Lipinski definition) is 5. The molecule has 0 saturated carbocycles. The topological polar surface area (TPSA) is 105 Å². The Morgan fingerprint density at radius 2 is 1.69 bits per heavy atom. The molecule has 3 aromatic carbocycles. The fourth-order valence-corrected chi connectivity index (χ4v) is 5.04. The smallest absolute Gasteiger partial charge is 0.264 e. The molecule has 8 nitrogen and oxygen atoms in total. The number of para-hydroxylation sites is 1. The number of ether oxygens (including phenoxy) is 1. The largest absolute Gasteiger partial charge is 0.495 e. The molecule has 0 spiro atoms. The van der Waals surface area contributed by atoms with Crippen LogP contribution in [-0.4, -0.2) is 39.9 Å². The predicted octanol–water partition coefficient (Wildman–Crippen LogP) is 4.71. The van der Waals surface area contributed by atoms with Gasteiger partial charge >= 0.3 is 0 Å². The number of anilines is 2. The zero-order valence-electron chi connectivity index (χ0n) is 20.2. The van der Waals surface area contributed by atoms with Gasteiger partial charge in [0.05, 0.1) is 34.0 Å². The standard InChI is InChI=1S/C26H28ClN3O5S/c1-4-18(2)28-26(32)21-12-8-9-13-23(21)29-25(31)17-30(19-14-15-24(35-3)22(27)16-19)36(33,34)20-10-6-5-7-11-20/h5-16,18H,4,17H2,1-3H3,(H,28,32)(H,29,31)/t18-/m0/s1. The molecule has 190 valence electrons. The molecule has 0 radical (unpaired) electrons. The third-order valence-corrected chi connectivity index (χ3v) is 7.56. The minimum absolute atomic E-state index is 0.0121. The van der Waals surface area contributed by atoms with E-state index in [0.717, 1.165) is 10.7 Å². The molecule has 0 aliphatic rings.